The van der Waals surface area contributed by atoms with Crippen LogP contribution in [0.2, 0.25) is 0 Å². The Morgan fingerprint density at radius 1 is 1.06 bits per heavy atom. The van der Waals surface area contributed by atoms with Crippen LogP contribution in [0.1, 0.15) is 35.2 Å². The predicted molar refractivity (Wildman–Crippen MR) is 132 cm³/mol. The number of nitrogens with one attached hydrogen (secondary N) is 2. The number of benzene rings is 2. The summed E-state index contributed by atoms with van der Waals surface area (Å²) in [6.07, 6.45) is 5.14. The van der Waals surface area contributed by atoms with Gasteiger partial charge in [-0.15, -0.1) is 0 Å². The van der Waals surface area contributed by atoms with Gasteiger partial charge in [-0.2, -0.15) is 0 Å². The Balaban J connectivity index is 1.50. The topological polar surface area (TPSA) is 114 Å². The maximum absolute atomic E-state index is 15.2. The maximum Gasteiger partial charge on any atom is 0.232 e. The van der Waals surface area contributed by atoms with Crippen molar-refractivity contribution in [2.75, 3.05) is 22.3 Å². The third kappa shape index (κ3) is 4.37. The standard InChI is InChI=1S/C25H21F2N5O3S/c1-2-9-36(34,35)32-20-6-4-18(26)22(23(20)27)24(33)17-13-31-25-16(17)10-15(12-30-25)14-3-5-19-21(11-14)29-8-7-28-19/h3-8,10-12,17,32H,2,9,13H2,1H3,(H,30,31). The average molecular weight is 510 g/mol. The van der Waals surface area contributed by atoms with Crippen molar-refractivity contribution in [2.45, 2.75) is 19.3 Å². The zero-order valence-corrected chi connectivity index (χ0v) is 19.9. The third-order valence-corrected chi connectivity index (χ3v) is 7.44. The number of fused-ring (bicyclic) bond motifs is 2. The summed E-state index contributed by atoms with van der Waals surface area (Å²) in [5, 5.41) is 3.01. The van der Waals surface area contributed by atoms with Gasteiger partial charge >= 0.3 is 0 Å². The summed E-state index contributed by atoms with van der Waals surface area (Å²) in [7, 11) is -3.84. The van der Waals surface area contributed by atoms with Crippen LogP contribution in [0.25, 0.3) is 22.2 Å². The molecule has 0 fully saturated rings. The van der Waals surface area contributed by atoms with Crippen LogP contribution in [0.3, 0.4) is 0 Å². The first-order valence-electron chi connectivity index (χ1n) is 11.2. The molecule has 1 atom stereocenters. The first-order valence-corrected chi connectivity index (χ1v) is 12.9. The Morgan fingerprint density at radius 3 is 2.61 bits per heavy atom. The van der Waals surface area contributed by atoms with Crippen molar-refractivity contribution in [1.82, 2.24) is 15.0 Å². The fourth-order valence-electron chi connectivity index (χ4n) is 4.26. The van der Waals surface area contributed by atoms with Gasteiger partial charge in [-0.25, -0.2) is 22.2 Å². The van der Waals surface area contributed by atoms with Gasteiger partial charge in [-0.05, 0) is 42.3 Å². The van der Waals surface area contributed by atoms with Crippen molar-refractivity contribution >= 4 is 38.3 Å². The molecule has 1 unspecified atom stereocenters. The molecule has 11 heteroatoms. The zero-order chi connectivity index (χ0) is 25.4. The number of carbonyl (C=O) groups is 1. The van der Waals surface area contributed by atoms with Crippen molar-refractivity contribution < 1.29 is 22.0 Å². The van der Waals surface area contributed by atoms with Gasteiger partial charge in [0.05, 0.1) is 34.0 Å². The average Bonchev–Trinajstić information content (AvgIpc) is 3.29. The van der Waals surface area contributed by atoms with E-state index in [2.05, 4.69) is 25.0 Å². The molecule has 2 N–H and O–H groups in total. The summed E-state index contributed by atoms with van der Waals surface area (Å²) in [4.78, 5) is 26.3. The molecule has 0 saturated carbocycles. The van der Waals surface area contributed by atoms with E-state index in [1.807, 2.05) is 18.2 Å². The number of ketones is 1. The molecule has 0 aliphatic carbocycles. The van der Waals surface area contributed by atoms with E-state index in [1.54, 1.807) is 31.6 Å². The molecule has 36 heavy (non-hydrogen) atoms. The van der Waals surface area contributed by atoms with Crippen molar-refractivity contribution in [1.29, 1.82) is 0 Å². The fraction of sp³-hybridized carbons (Fsp3) is 0.200. The minimum Gasteiger partial charge on any atom is -0.369 e. The molecule has 184 valence electrons. The smallest absolute Gasteiger partial charge is 0.232 e. The van der Waals surface area contributed by atoms with Crippen LogP contribution in [-0.4, -0.2) is 41.5 Å². The number of hydrogen-bond donors (Lipinski definition) is 2. The molecular weight excluding hydrogens is 488 g/mol. The lowest BCUT2D eigenvalue weighted by Gasteiger charge is -2.15. The Bertz CT molecular complexity index is 1610. The Morgan fingerprint density at radius 2 is 1.83 bits per heavy atom. The van der Waals surface area contributed by atoms with E-state index in [-0.39, 0.29) is 12.3 Å². The summed E-state index contributed by atoms with van der Waals surface area (Å²) >= 11 is 0. The van der Waals surface area contributed by atoms with Gasteiger partial charge in [0.25, 0.3) is 0 Å². The molecule has 0 bridgehead atoms. The number of hydrogen-bond acceptors (Lipinski definition) is 7. The summed E-state index contributed by atoms with van der Waals surface area (Å²) in [5.74, 6) is -3.83. The SMILES string of the molecule is CCCS(=O)(=O)Nc1ccc(F)c(C(=O)C2CNc3ncc(-c4ccc5nccnc5c4)cc32)c1F. The summed E-state index contributed by atoms with van der Waals surface area (Å²) in [5.41, 5.74) is 2.14. The number of aromatic nitrogens is 3. The number of nitrogens with zero attached hydrogens (tertiary/aromatic N) is 3. The molecule has 4 aromatic rings. The quantitative estimate of drug-likeness (QED) is 0.352. The minimum atomic E-state index is -3.84. The summed E-state index contributed by atoms with van der Waals surface area (Å²) in [6.45, 7) is 1.76. The molecule has 2 aromatic carbocycles. The molecule has 0 amide bonds. The van der Waals surface area contributed by atoms with Crippen LogP contribution in [0.4, 0.5) is 20.3 Å². The van der Waals surface area contributed by atoms with E-state index in [9.17, 15) is 17.6 Å². The van der Waals surface area contributed by atoms with Gasteiger partial charge in [-0.1, -0.05) is 13.0 Å². The van der Waals surface area contributed by atoms with Crippen molar-refractivity contribution in [2.24, 2.45) is 0 Å². The van der Waals surface area contributed by atoms with E-state index in [1.165, 1.54) is 0 Å². The van der Waals surface area contributed by atoms with Gasteiger partial charge in [-0.3, -0.25) is 19.5 Å². The van der Waals surface area contributed by atoms with E-state index < -0.39 is 44.6 Å². The third-order valence-electron chi connectivity index (χ3n) is 5.96. The minimum absolute atomic E-state index is 0.0957. The van der Waals surface area contributed by atoms with Gasteiger partial charge in [0, 0.05) is 36.3 Å². The van der Waals surface area contributed by atoms with Crippen molar-refractivity contribution in [3.63, 3.8) is 0 Å². The number of anilines is 2. The first kappa shape index (κ1) is 23.7. The molecule has 0 spiro atoms. The number of pyridine rings is 1. The van der Waals surface area contributed by atoms with Crippen LogP contribution in [-0.2, 0) is 10.0 Å². The van der Waals surface area contributed by atoms with Crippen LogP contribution < -0.4 is 10.0 Å². The van der Waals surface area contributed by atoms with E-state index in [0.717, 1.165) is 23.2 Å². The monoisotopic (exact) mass is 509 g/mol. The predicted octanol–water partition coefficient (Wildman–Crippen LogP) is 4.51. The maximum atomic E-state index is 15.2. The van der Waals surface area contributed by atoms with Crippen LogP contribution >= 0.6 is 0 Å². The lowest BCUT2D eigenvalue weighted by atomic mass is 9.91. The summed E-state index contributed by atoms with van der Waals surface area (Å²) in [6, 6.07) is 9.13. The van der Waals surface area contributed by atoms with Crippen LogP contribution in [0.15, 0.2) is 55.0 Å². The van der Waals surface area contributed by atoms with Gasteiger partial charge < -0.3 is 5.32 Å². The molecule has 1 aliphatic heterocycles. The van der Waals surface area contributed by atoms with Crippen molar-refractivity contribution in [3.05, 3.63) is 77.8 Å². The largest absolute Gasteiger partial charge is 0.369 e. The fourth-order valence-corrected chi connectivity index (χ4v) is 5.39. The zero-order valence-electron chi connectivity index (χ0n) is 19.1. The Labute approximate surface area is 205 Å². The number of Topliss-reactive ketones (excluding diaryl/α,β-unsaturated/α-hetero) is 1. The molecule has 3 heterocycles. The second-order valence-electron chi connectivity index (χ2n) is 8.42. The number of halogens is 2. The molecule has 8 nitrogen and oxygen atoms in total. The molecule has 2 aromatic heterocycles. The second-order valence-corrected chi connectivity index (χ2v) is 10.3. The normalized spacial score (nSPS) is 14.9. The van der Waals surface area contributed by atoms with E-state index in [4.69, 9.17) is 0 Å². The van der Waals surface area contributed by atoms with Gasteiger partial charge in [0.2, 0.25) is 10.0 Å². The molecule has 5 rings (SSSR count). The summed E-state index contributed by atoms with van der Waals surface area (Å²) < 4.78 is 56.3. The first-order chi connectivity index (χ1) is 17.3. The van der Waals surface area contributed by atoms with Crippen molar-refractivity contribution in [3.8, 4) is 11.1 Å². The highest BCUT2D eigenvalue weighted by molar-refractivity contribution is 7.92. The molecule has 0 radical (unpaired) electrons. The molecule has 0 saturated heterocycles. The molecular formula is C25H21F2N5O3S. The van der Waals surface area contributed by atoms with E-state index in [0.29, 0.717) is 28.9 Å². The lowest BCUT2D eigenvalue weighted by molar-refractivity contribution is 0.0958. The Kier molecular flexibility index (Phi) is 6.09. The lowest BCUT2D eigenvalue weighted by Crippen LogP contribution is -2.21. The number of carbonyl (C=O) groups excluding carboxylic acids is 1. The van der Waals surface area contributed by atoms with Gasteiger partial charge in [0.15, 0.2) is 11.6 Å². The van der Waals surface area contributed by atoms with Crippen LogP contribution in [0, 0.1) is 11.6 Å². The highest BCUT2D eigenvalue weighted by Gasteiger charge is 2.34. The second kappa shape index (κ2) is 9.23. The Hall–Kier alpha value is -3.99. The number of rotatable bonds is 7. The van der Waals surface area contributed by atoms with Gasteiger partial charge in [0.1, 0.15) is 11.6 Å². The highest BCUT2D eigenvalue weighted by Crippen LogP contribution is 2.37. The highest BCUT2D eigenvalue weighted by atomic mass is 32.2. The van der Waals surface area contributed by atoms with Crippen LogP contribution in [0.5, 0.6) is 0 Å². The van der Waals surface area contributed by atoms with E-state index >= 15 is 4.39 Å². The number of sulfonamides is 1. The molecule has 1 aliphatic rings.